The van der Waals surface area contributed by atoms with E-state index in [1.54, 1.807) is 11.1 Å². The minimum absolute atomic E-state index is 0.267. The van der Waals surface area contributed by atoms with Gasteiger partial charge in [-0.25, -0.2) is 0 Å². The Morgan fingerprint density at radius 1 is 1.43 bits per heavy atom. The van der Waals surface area contributed by atoms with Crippen molar-refractivity contribution in [1.82, 2.24) is 15.5 Å². The fourth-order valence-electron chi connectivity index (χ4n) is 2.56. The average molecular weight is 286 g/mol. The molecule has 1 atom stereocenters. The van der Waals surface area contributed by atoms with Crippen LogP contribution in [0.5, 0.6) is 0 Å². The van der Waals surface area contributed by atoms with Crippen molar-refractivity contribution in [3.63, 3.8) is 0 Å². The van der Waals surface area contributed by atoms with Crippen LogP contribution in [0.4, 0.5) is 5.82 Å². The number of nitrogens with one attached hydrogen (secondary N) is 1. The number of aliphatic carboxylic acids is 1. The molecular weight excluding hydrogens is 272 g/mol. The number of nitrogens with zero attached hydrogens (tertiary/aromatic N) is 3. The molecule has 1 fully saturated rings. The molecule has 2 N–H and O–H groups in total. The molecule has 3 rings (SSSR count). The molecule has 1 unspecified atom stereocenters. The molecule has 108 valence electrons. The number of hydrogen-bond donors (Lipinski definition) is 2. The topological polar surface area (TPSA) is 95.4 Å². The van der Waals surface area contributed by atoms with Gasteiger partial charge in [0.05, 0.1) is 12.6 Å². The summed E-state index contributed by atoms with van der Waals surface area (Å²) >= 11 is 0. The maximum Gasteiger partial charge on any atom is 0.305 e. The molecule has 1 saturated heterocycles. The number of carboxylic acid groups (broad SMARTS) is 1. The number of hydrogen-bond acceptors (Lipinski definition) is 5. The van der Waals surface area contributed by atoms with E-state index in [2.05, 4.69) is 15.5 Å². The fraction of sp³-hybridized carbons (Fsp3) is 0.286. The Morgan fingerprint density at radius 3 is 3.05 bits per heavy atom. The minimum Gasteiger partial charge on any atom is -0.481 e. The zero-order valence-electron chi connectivity index (χ0n) is 11.2. The molecule has 0 radical (unpaired) electrons. The number of anilines is 1. The Morgan fingerprint density at radius 2 is 2.24 bits per heavy atom. The lowest BCUT2D eigenvalue weighted by atomic mass is 10.1. The maximum absolute atomic E-state index is 12.0. The smallest absolute Gasteiger partial charge is 0.305 e. The Bertz CT molecular complexity index is 698. The lowest BCUT2D eigenvalue weighted by Crippen LogP contribution is -2.56. The molecule has 2 heterocycles. The lowest BCUT2D eigenvalue weighted by Gasteiger charge is -2.35. The van der Waals surface area contributed by atoms with Crippen LogP contribution < -0.4 is 10.2 Å². The third kappa shape index (κ3) is 2.49. The minimum atomic E-state index is -1.02. The van der Waals surface area contributed by atoms with Crippen LogP contribution in [0.25, 0.3) is 10.8 Å². The van der Waals surface area contributed by atoms with Gasteiger partial charge in [-0.3, -0.25) is 9.59 Å². The molecule has 7 nitrogen and oxygen atoms in total. The monoisotopic (exact) mass is 286 g/mol. The van der Waals surface area contributed by atoms with Crippen molar-refractivity contribution in [3.05, 3.63) is 30.5 Å². The third-order valence-electron chi connectivity index (χ3n) is 3.52. The van der Waals surface area contributed by atoms with Crippen molar-refractivity contribution in [3.8, 4) is 0 Å². The van der Waals surface area contributed by atoms with Crippen LogP contribution >= 0.6 is 0 Å². The second-order valence-corrected chi connectivity index (χ2v) is 4.85. The molecule has 1 aliphatic heterocycles. The SMILES string of the molecule is O=C(O)CC1C(=O)NCCN1c1nncc2ccccc12. The number of amides is 1. The number of rotatable bonds is 3. The number of piperazine rings is 1. The summed E-state index contributed by atoms with van der Waals surface area (Å²) < 4.78 is 0. The number of aromatic nitrogens is 2. The van der Waals surface area contributed by atoms with E-state index >= 15 is 0 Å². The molecule has 0 bridgehead atoms. The summed E-state index contributed by atoms with van der Waals surface area (Å²) in [5.41, 5.74) is 0. The number of carbonyl (C=O) groups is 2. The van der Waals surface area contributed by atoms with Gasteiger partial charge in [0.1, 0.15) is 6.04 Å². The van der Waals surface area contributed by atoms with Crippen molar-refractivity contribution in [2.75, 3.05) is 18.0 Å². The van der Waals surface area contributed by atoms with Gasteiger partial charge in [0, 0.05) is 23.9 Å². The zero-order chi connectivity index (χ0) is 14.8. The average Bonchev–Trinajstić information content (AvgIpc) is 2.48. The lowest BCUT2D eigenvalue weighted by molar-refractivity contribution is -0.139. The second kappa shape index (κ2) is 5.35. The van der Waals surface area contributed by atoms with Crippen LogP contribution in [0.2, 0.25) is 0 Å². The number of carboxylic acids is 1. The Labute approximate surface area is 120 Å². The number of fused-ring (bicyclic) bond motifs is 1. The van der Waals surface area contributed by atoms with Gasteiger partial charge in [-0.1, -0.05) is 24.3 Å². The summed E-state index contributed by atoms with van der Waals surface area (Å²) in [5, 5.41) is 21.6. The van der Waals surface area contributed by atoms with Gasteiger partial charge in [0.2, 0.25) is 5.91 Å². The van der Waals surface area contributed by atoms with Gasteiger partial charge in [0.25, 0.3) is 0 Å². The molecule has 21 heavy (non-hydrogen) atoms. The van der Waals surface area contributed by atoms with Crippen LogP contribution in [0, 0.1) is 0 Å². The third-order valence-corrected chi connectivity index (χ3v) is 3.52. The summed E-state index contributed by atoms with van der Waals surface area (Å²) in [7, 11) is 0. The van der Waals surface area contributed by atoms with Crippen LogP contribution in [0.3, 0.4) is 0 Å². The van der Waals surface area contributed by atoms with Crippen molar-refractivity contribution in [2.45, 2.75) is 12.5 Å². The van der Waals surface area contributed by atoms with E-state index in [0.717, 1.165) is 10.8 Å². The first-order valence-electron chi connectivity index (χ1n) is 6.63. The number of carbonyl (C=O) groups excluding carboxylic acids is 1. The summed E-state index contributed by atoms with van der Waals surface area (Å²) in [6, 6.07) is 6.80. The predicted molar refractivity (Wildman–Crippen MR) is 75.9 cm³/mol. The molecule has 7 heteroatoms. The van der Waals surface area contributed by atoms with Gasteiger partial charge < -0.3 is 15.3 Å². The second-order valence-electron chi connectivity index (χ2n) is 4.85. The predicted octanol–water partition coefficient (Wildman–Crippen LogP) is 0.409. The van der Waals surface area contributed by atoms with E-state index < -0.39 is 12.0 Å². The van der Waals surface area contributed by atoms with E-state index in [1.807, 2.05) is 24.3 Å². The molecule has 1 aromatic carbocycles. The first-order valence-corrected chi connectivity index (χ1v) is 6.63. The quantitative estimate of drug-likeness (QED) is 0.848. The summed E-state index contributed by atoms with van der Waals surface area (Å²) in [4.78, 5) is 24.7. The highest BCUT2D eigenvalue weighted by atomic mass is 16.4. The summed E-state index contributed by atoms with van der Waals surface area (Å²) in [6.07, 6.45) is 1.38. The largest absolute Gasteiger partial charge is 0.481 e. The highest BCUT2D eigenvalue weighted by Gasteiger charge is 2.33. The normalized spacial score (nSPS) is 18.6. The van der Waals surface area contributed by atoms with Crippen LogP contribution in [-0.2, 0) is 9.59 Å². The van der Waals surface area contributed by atoms with Crippen molar-refractivity contribution in [2.24, 2.45) is 0 Å². The molecule has 1 amide bonds. The molecule has 0 aliphatic carbocycles. The van der Waals surface area contributed by atoms with Crippen LogP contribution in [-0.4, -0.2) is 46.3 Å². The van der Waals surface area contributed by atoms with E-state index in [-0.39, 0.29) is 12.3 Å². The maximum atomic E-state index is 12.0. The Kier molecular flexibility index (Phi) is 3.39. The van der Waals surface area contributed by atoms with Crippen LogP contribution in [0.1, 0.15) is 6.42 Å². The highest BCUT2D eigenvalue weighted by molar-refractivity contribution is 5.96. The van der Waals surface area contributed by atoms with Gasteiger partial charge in [-0.2, -0.15) is 5.10 Å². The molecule has 1 aromatic heterocycles. The van der Waals surface area contributed by atoms with Gasteiger partial charge >= 0.3 is 5.97 Å². The van der Waals surface area contributed by atoms with E-state index in [9.17, 15) is 9.59 Å². The summed E-state index contributed by atoms with van der Waals surface area (Å²) in [5.74, 6) is -0.761. The van der Waals surface area contributed by atoms with Gasteiger partial charge in [0.15, 0.2) is 5.82 Å². The van der Waals surface area contributed by atoms with Crippen molar-refractivity contribution >= 4 is 28.5 Å². The van der Waals surface area contributed by atoms with Gasteiger partial charge in [-0.05, 0) is 0 Å². The first kappa shape index (κ1) is 13.3. The Hall–Kier alpha value is -2.70. The van der Waals surface area contributed by atoms with E-state index in [4.69, 9.17) is 5.11 Å². The summed E-state index contributed by atoms with van der Waals surface area (Å²) in [6.45, 7) is 0.965. The van der Waals surface area contributed by atoms with Crippen molar-refractivity contribution < 1.29 is 14.7 Å². The molecule has 1 aliphatic rings. The first-order chi connectivity index (χ1) is 10.2. The van der Waals surface area contributed by atoms with Gasteiger partial charge in [-0.15, -0.1) is 5.10 Å². The Balaban J connectivity index is 2.06. The zero-order valence-corrected chi connectivity index (χ0v) is 11.2. The number of benzene rings is 1. The molecular formula is C14H14N4O3. The van der Waals surface area contributed by atoms with E-state index in [0.29, 0.717) is 18.9 Å². The highest BCUT2D eigenvalue weighted by Crippen LogP contribution is 2.26. The molecule has 2 aromatic rings. The standard InChI is InChI=1S/C14H14N4O3/c19-12(20)7-11-14(21)15-5-6-18(11)13-10-4-2-1-3-9(10)8-16-17-13/h1-4,8,11H,5-7H2,(H,15,21)(H,19,20). The van der Waals surface area contributed by atoms with Crippen LogP contribution in [0.15, 0.2) is 30.5 Å². The molecule has 0 spiro atoms. The van der Waals surface area contributed by atoms with E-state index in [1.165, 1.54) is 0 Å². The fourth-order valence-corrected chi connectivity index (χ4v) is 2.56. The van der Waals surface area contributed by atoms with Crippen molar-refractivity contribution in [1.29, 1.82) is 0 Å². The molecule has 0 saturated carbocycles.